The molecule has 3 rings (SSSR count). The highest BCUT2D eigenvalue weighted by Crippen LogP contribution is 2.31. The van der Waals surface area contributed by atoms with Gasteiger partial charge in [0.15, 0.2) is 11.5 Å². The lowest BCUT2D eigenvalue weighted by molar-refractivity contribution is 0.102. The number of benzene rings is 1. The number of hydrogen-bond donors (Lipinski definition) is 1. The number of carbonyl (C=O) groups is 1. The van der Waals surface area contributed by atoms with Gasteiger partial charge in [-0.1, -0.05) is 29.3 Å². The van der Waals surface area contributed by atoms with E-state index in [-0.39, 0.29) is 22.6 Å². The summed E-state index contributed by atoms with van der Waals surface area (Å²) >= 11 is 12.1. The van der Waals surface area contributed by atoms with Crippen LogP contribution in [0.15, 0.2) is 55.1 Å². The van der Waals surface area contributed by atoms with Crippen molar-refractivity contribution in [3.8, 4) is 11.5 Å². The molecular formula is C19H15Cl2N3O3. The van der Waals surface area contributed by atoms with Crippen molar-refractivity contribution in [1.29, 1.82) is 0 Å². The van der Waals surface area contributed by atoms with Gasteiger partial charge >= 0.3 is 0 Å². The van der Waals surface area contributed by atoms with E-state index in [1.165, 1.54) is 19.5 Å². The van der Waals surface area contributed by atoms with Crippen LogP contribution in [0.25, 0.3) is 0 Å². The van der Waals surface area contributed by atoms with Gasteiger partial charge in [-0.3, -0.25) is 14.8 Å². The van der Waals surface area contributed by atoms with Gasteiger partial charge in [0.05, 0.1) is 22.8 Å². The molecule has 1 aromatic carbocycles. The number of pyridine rings is 2. The Labute approximate surface area is 166 Å². The van der Waals surface area contributed by atoms with E-state index in [4.69, 9.17) is 32.7 Å². The van der Waals surface area contributed by atoms with E-state index in [0.717, 1.165) is 5.56 Å². The predicted molar refractivity (Wildman–Crippen MR) is 104 cm³/mol. The van der Waals surface area contributed by atoms with Gasteiger partial charge in [0.25, 0.3) is 5.91 Å². The second-order valence-electron chi connectivity index (χ2n) is 5.45. The molecule has 0 aliphatic rings. The number of halogens is 2. The van der Waals surface area contributed by atoms with Gasteiger partial charge in [0.1, 0.15) is 6.61 Å². The summed E-state index contributed by atoms with van der Waals surface area (Å²) in [6, 6.07) is 8.58. The second-order valence-corrected chi connectivity index (χ2v) is 6.26. The summed E-state index contributed by atoms with van der Waals surface area (Å²) < 4.78 is 11.1. The van der Waals surface area contributed by atoms with Crippen molar-refractivity contribution in [3.05, 3.63) is 76.3 Å². The average molecular weight is 404 g/mol. The van der Waals surface area contributed by atoms with Gasteiger partial charge in [-0.05, 0) is 24.3 Å². The molecule has 2 heterocycles. The lowest BCUT2D eigenvalue weighted by atomic mass is 10.2. The van der Waals surface area contributed by atoms with Crippen LogP contribution < -0.4 is 14.8 Å². The summed E-state index contributed by atoms with van der Waals surface area (Å²) in [6.45, 7) is 0.289. The number of aromatic nitrogens is 2. The molecule has 0 aliphatic carbocycles. The number of carbonyl (C=O) groups excluding carboxylic acids is 1. The van der Waals surface area contributed by atoms with Crippen LogP contribution in [0.4, 0.5) is 5.69 Å². The molecule has 0 spiro atoms. The molecule has 0 aliphatic heterocycles. The number of anilines is 1. The summed E-state index contributed by atoms with van der Waals surface area (Å²) in [6.07, 6.45) is 6.19. The summed E-state index contributed by atoms with van der Waals surface area (Å²) in [4.78, 5) is 20.5. The molecule has 2 aromatic heterocycles. The molecule has 0 radical (unpaired) electrons. The monoisotopic (exact) mass is 403 g/mol. The van der Waals surface area contributed by atoms with Crippen LogP contribution >= 0.6 is 23.2 Å². The maximum absolute atomic E-state index is 12.6. The van der Waals surface area contributed by atoms with Gasteiger partial charge in [-0.2, -0.15) is 0 Å². The van der Waals surface area contributed by atoms with Crippen molar-refractivity contribution >= 4 is 34.8 Å². The third-order valence-corrected chi connectivity index (χ3v) is 4.21. The molecule has 27 heavy (non-hydrogen) atoms. The zero-order valence-electron chi connectivity index (χ0n) is 14.3. The Morgan fingerprint density at radius 3 is 2.52 bits per heavy atom. The van der Waals surface area contributed by atoms with Crippen LogP contribution in [0, 0.1) is 0 Å². The van der Waals surface area contributed by atoms with Crippen LogP contribution in [-0.2, 0) is 6.61 Å². The van der Waals surface area contributed by atoms with Gasteiger partial charge in [0, 0.05) is 35.9 Å². The molecule has 0 fully saturated rings. The van der Waals surface area contributed by atoms with Crippen molar-refractivity contribution in [3.63, 3.8) is 0 Å². The Hall–Kier alpha value is -2.83. The van der Waals surface area contributed by atoms with Crippen molar-refractivity contribution in [2.45, 2.75) is 6.61 Å². The number of rotatable bonds is 6. The molecular weight excluding hydrogens is 389 g/mol. The first kappa shape index (κ1) is 18.9. The first-order valence-corrected chi connectivity index (χ1v) is 8.64. The highest BCUT2D eigenvalue weighted by Gasteiger charge is 2.15. The lowest BCUT2D eigenvalue weighted by Gasteiger charge is -2.13. The number of nitrogens with one attached hydrogen (secondary N) is 1. The Morgan fingerprint density at radius 1 is 1.07 bits per heavy atom. The van der Waals surface area contributed by atoms with Crippen molar-refractivity contribution in [2.75, 3.05) is 12.4 Å². The molecule has 1 amide bonds. The molecule has 0 saturated carbocycles. The molecule has 0 unspecified atom stereocenters. The predicted octanol–water partition coefficient (Wildman–Crippen LogP) is 4.62. The largest absolute Gasteiger partial charge is 0.493 e. The summed E-state index contributed by atoms with van der Waals surface area (Å²) in [5, 5.41) is 3.18. The Kier molecular flexibility index (Phi) is 6.11. The van der Waals surface area contributed by atoms with Gasteiger partial charge < -0.3 is 14.8 Å². The van der Waals surface area contributed by atoms with Gasteiger partial charge in [-0.15, -0.1) is 0 Å². The maximum atomic E-state index is 12.6. The fourth-order valence-electron chi connectivity index (χ4n) is 2.29. The third-order valence-electron chi connectivity index (χ3n) is 3.63. The minimum Gasteiger partial charge on any atom is -0.493 e. The smallest absolute Gasteiger partial charge is 0.255 e. The van der Waals surface area contributed by atoms with Gasteiger partial charge in [0.2, 0.25) is 0 Å². The van der Waals surface area contributed by atoms with Crippen molar-refractivity contribution in [1.82, 2.24) is 9.97 Å². The minimum atomic E-state index is -0.390. The highest BCUT2D eigenvalue weighted by atomic mass is 35.5. The Morgan fingerprint density at radius 2 is 1.85 bits per heavy atom. The van der Waals surface area contributed by atoms with Crippen LogP contribution in [0.1, 0.15) is 15.9 Å². The molecule has 0 bridgehead atoms. The number of ether oxygens (including phenoxy) is 2. The zero-order chi connectivity index (χ0) is 19.2. The first-order chi connectivity index (χ1) is 13.1. The van der Waals surface area contributed by atoms with E-state index in [1.807, 2.05) is 12.1 Å². The van der Waals surface area contributed by atoms with Crippen LogP contribution in [0.3, 0.4) is 0 Å². The van der Waals surface area contributed by atoms with E-state index in [1.54, 1.807) is 30.6 Å². The zero-order valence-corrected chi connectivity index (χ0v) is 15.8. The van der Waals surface area contributed by atoms with E-state index in [9.17, 15) is 4.79 Å². The molecule has 0 atom stereocenters. The minimum absolute atomic E-state index is 0.248. The van der Waals surface area contributed by atoms with Crippen LogP contribution in [0.5, 0.6) is 11.5 Å². The lowest BCUT2D eigenvalue weighted by Crippen LogP contribution is -2.13. The topological polar surface area (TPSA) is 73.3 Å². The molecule has 6 nitrogen and oxygen atoms in total. The Balaban J connectivity index is 1.80. The Bertz CT molecular complexity index is 932. The van der Waals surface area contributed by atoms with Crippen molar-refractivity contribution in [2.24, 2.45) is 0 Å². The molecule has 8 heteroatoms. The average Bonchev–Trinajstić information content (AvgIpc) is 2.69. The van der Waals surface area contributed by atoms with Crippen LogP contribution in [0.2, 0.25) is 10.0 Å². The maximum Gasteiger partial charge on any atom is 0.255 e. The number of nitrogens with zero attached hydrogens (tertiary/aromatic N) is 2. The summed E-state index contributed by atoms with van der Waals surface area (Å²) in [5.74, 6) is 0.551. The second kappa shape index (κ2) is 8.70. The van der Waals surface area contributed by atoms with E-state index < -0.39 is 0 Å². The number of methoxy groups -OCH3 is 1. The molecule has 0 saturated heterocycles. The van der Waals surface area contributed by atoms with Crippen molar-refractivity contribution < 1.29 is 14.3 Å². The van der Waals surface area contributed by atoms with Gasteiger partial charge in [-0.25, -0.2) is 0 Å². The first-order valence-electron chi connectivity index (χ1n) is 7.88. The normalized spacial score (nSPS) is 10.3. The van der Waals surface area contributed by atoms with E-state index in [2.05, 4.69) is 15.3 Å². The highest BCUT2D eigenvalue weighted by molar-refractivity contribution is 6.39. The number of amides is 1. The quantitative estimate of drug-likeness (QED) is 0.649. The molecule has 1 N–H and O–H groups in total. The van der Waals surface area contributed by atoms with E-state index in [0.29, 0.717) is 22.7 Å². The molecule has 138 valence electrons. The SMILES string of the molecule is COc1ccc(C(=O)Nc2c(Cl)cncc2Cl)cc1OCc1cccnc1. The number of hydrogen-bond acceptors (Lipinski definition) is 5. The fraction of sp³-hybridized carbons (Fsp3) is 0.105. The third kappa shape index (κ3) is 4.67. The van der Waals surface area contributed by atoms with E-state index >= 15 is 0 Å². The molecule has 3 aromatic rings. The van der Waals surface area contributed by atoms with Crippen LogP contribution in [-0.4, -0.2) is 23.0 Å². The standard InChI is InChI=1S/C19H15Cl2N3O3/c1-26-16-5-4-13(7-17(16)27-11-12-3-2-6-22-8-12)19(25)24-18-14(20)9-23-10-15(18)21/h2-10H,11H2,1H3,(H,23,24,25). The summed E-state index contributed by atoms with van der Waals surface area (Å²) in [7, 11) is 1.53. The fourth-order valence-corrected chi connectivity index (χ4v) is 2.75. The summed E-state index contributed by atoms with van der Waals surface area (Å²) in [5.41, 5.74) is 1.55.